The van der Waals surface area contributed by atoms with Crippen molar-refractivity contribution < 1.29 is 14.0 Å². The fraction of sp³-hybridized carbons (Fsp3) is 0.571. The predicted octanol–water partition coefficient (Wildman–Crippen LogP) is 2.54. The number of nitrogens with two attached hydrogens (primary N) is 1. The monoisotopic (exact) mass is 283 g/mol. The van der Waals surface area contributed by atoms with Gasteiger partial charge < -0.3 is 19.7 Å². The Bertz CT molecular complexity index is 361. The number of aliphatic hydroxyl groups excluding tert-OH is 1. The molecule has 0 bridgehead atoms. The molecule has 4 nitrogen and oxygen atoms in total. The second-order valence-electron chi connectivity index (χ2n) is 4.84. The second-order valence-corrected chi connectivity index (χ2v) is 8.14. The molecule has 0 radical (unpaired) electrons. The molecular formula is C14H25NO3Si. The van der Waals surface area contributed by atoms with Gasteiger partial charge in [-0.05, 0) is 38.4 Å². The van der Waals surface area contributed by atoms with Crippen LogP contribution in [0.3, 0.4) is 0 Å². The lowest BCUT2D eigenvalue weighted by Crippen LogP contribution is -2.41. The van der Waals surface area contributed by atoms with Crippen LogP contribution in [0.5, 0.6) is 0 Å². The van der Waals surface area contributed by atoms with Gasteiger partial charge in [0.2, 0.25) is 0 Å². The van der Waals surface area contributed by atoms with E-state index in [1.165, 1.54) is 0 Å². The lowest BCUT2D eigenvalue weighted by Gasteiger charge is -2.30. The molecule has 3 unspecified atom stereocenters. The molecule has 0 saturated carbocycles. The smallest absolute Gasteiger partial charge is 0.335 e. The Morgan fingerprint density at radius 3 is 2.47 bits per heavy atom. The van der Waals surface area contributed by atoms with Crippen molar-refractivity contribution in [1.29, 1.82) is 0 Å². The normalized spacial score (nSPS) is 17.7. The Morgan fingerprint density at radius 2 is 1.95 bits per heavy atom. The standard InChI is InChI=1S/C14H25NO3Si/c1-4-17-19(3,11-10-14(15)16)18-12(2)13-8-6-5-7-9-13/h5-9,12,14,16H,4,10-11,15H2,1-3H3. The summed E-state index contributed by atoms with van der Waals surface area (Å²) in [7, 11) is -2.30. The Balaban J connectivity index is 2.66. The summed E-state index contributed by atoms with van der Waals surface area (Å²) in [5.74, 6) is 0. The third-order valence-corrected chi connectivity index (χ3v) is 5.99. The quantitative estimate of drug-likeness (QED) is 0.568. The Kier molecular flexibility index (Phi) is 6.68. The van der Waals surface area contributed by atoms with Gasteiger partial charge in [-0.2, -0.15) is 0 Å². The lowest BCUT2D eigenvalue weighted by molar-refractivity contribution is 0.122. The number of rotatable bonds is 8. The molecular weight excluding hydrogens is 258 g/mol. The van der Waals surface area contributed by atoms with Crippen LogP contribution in [-0.2, 0) is 8.85 Å². The highest BCUT2D eigenvalue weighted by molar-refractivity contribution is 6.66. The molecule has 108 valence electrons. The fourth-order valence-corrected chi connectivity index (χ4v) is 4.69. The van der Waals surface area contributed by atoms with E-state index in [0.717, 1.165) is 5.56 Å². The van der Waals surface area contributed by atoms with E-state index in [0.29, 0.717) is 19.1 Å². The number of hydrogen-bond donors (Lipinski definition) is 2. The van der Waals surface area contributed by atoms with E-state index in [9.17, 15) is 5.11 Å². The van der Waals surface area contributed by atoms with Crippen molar-refractivity contribution in [3.8, 4) is 0 Å². The molecule has 1 aromatic rings. The van der Waals surface area contributed by atoms with Crippen LogP contribution >= 0.6 is 0 Å². The molecule has 19 heavy (non-hydrogen) atoms. The van der Waals surface area contributed by atoms with Crippen molar-refractivity contribution in [2.75, 3.05) is 6.61 Å². The Morgan fingerprint density at radius 1 is 1.32 bits per heavy atom. The largest absolute Gasteiger partial charge is 0.395 e. The topological polar surface area (TPSA) is 64.7 Å². The van der Waals surface area contributed by atoms with Crippen molar-refractivity contribution >= 4 is 8.56 Å². The number of hydrogen-bond acceptors (Lipinski definition) is 4. The van der Waals surface area contributed by atoms with Gasteiger partial charge in [-0.3, -0.25) is 0 Å². The van der Waals surface area contributed by atoms with E-state index in [4.69, 9.17) is 14.6 Å². The van der Waals surface area contributed by atoms with Crippen LogP contribution in [0.2, 0.25) is 12.6 Å². The maximum Gasteiger partial charge on any atom is 0.335 e. The van der Waals surface area contributed by atoms with Crippen molar-refractivity contribution in [2.45, 2.75) is 45.2 Å². The minimum Gasteiger partial charge on any atom is -0.395 e. The van der Waals surface area contributed by atoms with Crippen LogP contribution in [0.15, 0.2) is 30.3 Å². The minimum absolute atomic E-state index is 0.0145. The first-order valence-electron chi connectivity index (χ1n) is 6.77. The zero-order valence-corrected chi connectivity index (χ0v) is 13.0. The van der Waals surface area contributed by atoms with E-state index < -0.39 is 14.8 Å². The average molecular weight is 283 g/mol. The van der Waals surface area contributed by atoms with Gasteiger partial charge in [0.15, 0.2) is 0 Å². The van der Waals surface area contributed by atoms with Crippen LogP contribution in [0, 0.1) is 0 Å². The number of benzene rings is 1. The molecule has 0 aliphatic carbocycles. The highest BCUT2D eigenvalue weighted by Gasteiger charge is 2.33. The molecule has 0 aliphatic heterocycles. The van der Waals surface area contributed by atoms with Crippen molar-refractivity contribution in [1.82, 2.24) is 0 Å². The van der Waals surface area contributed by atoms with E-state index >= 15 is 0 Å². The van der Waals surface area contributed by atoms with E-state index in [1.54, 1.807) is 0 Å². The van der Waals surface area contributed by atoms with Gasteiger partial charge in [0.25, 0.3) is 0 Å². The molecule has 3 atom stereocenters. The van der Waals surface area contributed by atoms with Crippen LogP contribution < -0.4 is 5.73 Å². The van der Waals surface area contributed by atoms with Crippen molar-refractivity contribution in [2.24, 2.45) is 5.73 Å². The summed E-state index contributed by atoms with van der Waals surface area (Å²) in [5, 5.41) is 9.22. The summed E-state index contributed by atoms with van der Waals surface area (Å²) >= 11 is 0. The van der Waals surface area contributed by atoms with Crippen LogP contribution in [-0.4, -0.2) is 26.5 Å². The van der Waals surface area contributed by atoms with E-state index in [-0.39, 0.29) is 6.10 Å². The average Bonchev–Trinajstić information content (AvgIpc) is 2.38. The predicted molar refractivity (Wildman–Crippen MR) is 78.8 cm³/mol. The Labute approximate surface area is 116 Å². The van der Waals surface area contributed by atoms with Gasteiger partial charge in [-0.15, -0.1) is 0 Å². The highest BCUT2D eigenvalue weighted by atomic mass is 28.4. The zero-order valence-electron chi connectivity index (χ0n) is 12.0. The van der Waals surface area contributed by atoms with Gasteiger partial charge in [0.1, 0.15) is 6.23 Å². The second kappa shape index (κ2) is 7.77. The van der Waals surface area contributed by atoms with Gasteiger partial charge in [-0.25, -0.2) is 0 Å². The third kappa shape index (κ3) is 5.84. The van der Waals surface area contributed by atoms with Crippen LogP contribution in [0.4, 0.5) is 0 Å². The highest BCUT2D eigenvalue weighted by Crippen LogP contribution is 2.26. The first-order chi connectivity index (χ1) is 8.97. The van der Waals surface area contributed by atoms with Gasteiger partial charge >= 0.3 is 8.56 Å². The molecule has 0 aromatic heterocycles. The Hall–Kier alpha value is -0.723. The molecule has 0 heterocycles. The zero-order chi connectivity index (χ0) is 14.3. The maximum absolute atomic E-state index is 9.22. The van der Waals surface area contributed by atoms with E-state index in [2.05, 4.69) is 0 Å². The van der Waals surface area contributed by atoms with Crippen molar-refractivity contribution in [3.63, 3.8) is 0 Å². The van der Waals surface area contributed by atoms with Crippen molar-refractivity contribution in [3.05, 3.63) is 35.9 Å². The summed E-state index contributed by atoms with van der Waals surface area (Å²) in [6.45, 7) is 6.63. The van der Waals surface area contributed by atoms with Crippen LogP contribution in [0.1, 0.15) is 31.9 Å². The SMILES string of the molecule is CCO[Si](C)(CCC(N)O)OC(C)c1ccccc1. The fourth-order valence-electron chi connectivity index (χ4n) is 2.05. The molecule has 1 rings (SSSR count). The minimum atomic E-state index is -2.30. The molecule has 3 N–H and O–H groups in total. The lowest BCUT2D eigenvalue weighted by atomic mass is 10.1. The molecule has 0 spiro atoms. The summed E-state index contributed by atoms with van der Waals surface area (Å²) < 4.78 is 12.0. The van der Waals surface area contributed by atoms with Crippen LogP contribution in [0.25, 0.3) is 0 Å². The summed E-state index contributed by atoms with van der Waals surface area (Å²) in [5.41, 5.74) is 6.54. The molecule has 0 amide bonds. The first kappa shape index (κ1) is 16.3. The maximum atomic E-state index is 9.22. The summed E-state index contributed by atoms with van der Waals surface area (Å²) in [6.07, 6.45) is -0.313. The molecule has 0 fully saturated rings. The molecule has 0 saturated heterocycles. The first-order valence-corrected chi connectivity index (χ1v) is 9.29. The van der Waals surface area contributed by atoms with Gasteiger partial charge in [0, 0.05) is 6.61 Å². The number of aliphatic hydroxyl groups is 1. The van der Waals surface area contributed by atoms with E-state index in [1.807, 2.05) is 50.7 Å². The summed E-state index contributed by atoms with van der Waals surface area (Å²) in [6, 6.07) is 10.8. The third-order valence-electron chi connectivity index (χ3n) is 3.04. The van der Waals surface area contributed by atoms with Gasteiger partial charge in [-0.1, -0.05) is 30.3 Å². The van der Waals surface area contributed by atoms with Gasteiger partial charge in [0.05, 0.1) is 6.10 Å². The molecule has 1 aromatic carbocycles. The molecule has 5 heteroatoms. The summed E-state index contributed by atoms with van der Waals surface area (Å²) in [4.78, 5) is 0. The molecule has 0 aliphatic rings.